The van der Waals surface area contributed by atoms with Gasteiger partial charge in [-0.3, -0.25) is 15.3 Å². The van der Waals surface area contributed by atoms with Gasteiger partial charge in [-0.1, -0.05) is 0 Å². The normalized spacial score (nSPS) is 10.3. The Morgan fingerprint density at radius 3 is 1.29 bits per heavy atom. The molecule has 3 heterocycles. The first-order valence-electron chi connectivity index (χ1n) is 12.5. The zero-order valence-corrected chi connectivity index (χ0v) is 23.3. The predicted octanol–water partition coefficient (Wildman–Crippen LogP) is 3.37. The molecule has 7 nitrogen and oxygen atoms in total. The minimum absolute atomic E-state index is 0.0382. The van der Waals surface area contributed by atoms with Crippen molar-refractivity contribution in [3.05, 3.63) is 139 Å². The summed E-state index contributed by atoms with van der Waals surface area (Å²) in [7, 11) is 0. The molecule has 0 bridgehead atoms. The summed E-state index contributed by atoms with van der Waals surface area (Å²) in [6, 6.07) is 37.4. The van der Waals surface area contributed by atoms with Crippen LogP contribution in [0.2, 0.25) is 0 Å². The van der Waals surface area contributed by atoms with Gasteiger partial charge in [0.2, 0.25) is 0 Å². The Labute approximate surface area is 231 Å². The summed E-state index contributed by atoms with van der Waals surface area (Å²) in [5.74, 6) is 1.02. The fourth-order valence-electron chi connectivity index (χ4n) is 4.19. The first-order valence-corrected chi connectivity index (χ1v) is 17.0. The molecular formula is C29H28BN6OZr. The molecule has 0 spiro atoms. The van der Waals surface area contributed by atoms with E-state index in [0.717, 1.165) is 30.8 Å². The van der Waals surface area contributed by atoms with Gasteiger partial charge in [0.15, 0.2) is 0 Å². The van der Waals surface area contributed by atoms with Crippen LogP contribution in [0, 0.1) is 0 Å². The number of H-pyrrole nitrogens is 3. The van der Waals surface area contributed by atoms with E-state index in [1.165, 1.54) is 11.1 Å². The van der Waals surface area contributed by atoms with Gasteiger partial charge in [-0.25, -0.2) is 0 Å². The number of hydrogen-bond donors (Lipinski definition) is 3. The van der Waals surface area contributed by atoms with Crippen LogP contribution in [0.3, 0.4) is 0 Å². The average Bonchev–Trinajstić information content (AvgIpc) is 3.77. The Balaban J connectivity index is 0.000000162. The molecule has 0 amide bonds. The Bertz CT molecular complexity index is 1250. The van der Waals surface area contributed by atoms with Crippen molar-refractivity contribution < 1.29 is 25.0 Å². The van der Waals surface area contributed by atoms with Crippen molar-refractivity contribution in [1.29, 1.82) is 0 Å². The number of para-hydroxylation sites is 1. The third-order valence-corrected chi connectivity index (χ3v) is 11.2. The SMILES string of the molecule is c1cc(B(c2cc[nH]n2)c2cc[nH]n2)n[nH]1.c1ccc([CH2][Zr]([CH2]c2ccccc2)[O]c2ccccc2)cc1. The summed E-state index contributed by atoms with van der Waals surface area (Å²) < 4.78 is 8.63. The van der Waals surface area contributed by atoms with Crippen LogP contribution in [0.1, 0.15) is 11.1 Å². The first kappa shape index (κ1) is 25.7. The van der Waals surface area contributed by atoms with Crippen molar-refractivity contribution in [3.63, 3.8) is 0 Å². The molecule has 0 radical (unpaired) electrons. The number of rotatable bonds is 9. The summed E-state index contributed by atoms with van der Waals surface area (Å²) in [5.41, 5.74) is 5.49. The van der Waals surface area contributed by atoms with Crippen molar-refractivity contribution >= 4 is 23.5 Å². The first-order chi connectivity index (χ1) is 18.8. The maximum absolute atomic E-state index is 6.42. The molecule has 38 heavy (non-hydrogen) atoms. The minimum atomic E-state index is -2.06. The van der Waals surface area contributed by atoms with Crippen LogP contribution < -0.4 is 19.6 Å². The molecule has 9 heteroatoms. The number of aromatic amines is 3. The van der Waals surface area contributed by atoms with Gasteiger partial charge >= 0.3 is 148 Å². The summed E-state index contributed by atoms with van der Waals surface area (Å²) in [6.45, 7) is -0.0382. The molecule has 0 atom stereocenters. The second kappa shape index (κ2) is 13.5. The van der Waals surface area contributed by atoms with Crippen molar-refractivity contribution in [3.8, 4) is 5.75 Å². The summed E-state index contributed by atoms with van der Waals surface area (Å²) in [6.07, 6.45) is 5.38. The molecule has 0 aliphatic carbocycles. The molecule has 187 valence electrons. The molecular weight excluding hydrogens is 550 g/mol. The van der Waals surface area contributed by atoms with Gasteiger partial charge in [0, 0.05) is 35.4 Å². The van der Waals surface area contributed by atoms with Crippen molar-refractivity contribution in [2.24, 2.45) is 0 Å². The molecule has 0 aliphatic rings. The van der Waals surface area contributed by atoms with Gasteiger partial charge in [-0.2, -0.15) is 15.3 Å². The molecule has 0 saturated heterocycles. The molecule has 6 rings (SSSR count). The van der Waals surface area contributed by atoms with E-state index in [4.69, 9.17) is 2.81 Å². The number of nitrogens with one attached hydrogen (secondary N) is 3. The number of benzene rings is 3. The topological polar surface area (TPSA) is 95.3 Å². The van der Waals surface area contributed by atoms with Gasteiger partial charge < -0.3 is 0 Å². The maximum atomic E-state index is 6.42. The fraction of sp³-hybridized carbons (Fsp3) is 0.0690. The van der Waals surface area contributed by atoms with Gasteiger partial charge in [0.1, 0.15) is 0 Å². The second-order valence-electron chi connectivity index (χ2n) is 8.71. The van der Waals surface area contributed by atoms with Crippen LogP contribution >= 0.6 is 0 Å². The Hall–Kier alpha value is -3.96. The zero-order chi connectivity index (χ0) is 25.8. The van der Waals surface area contributed by atoms with E-state index < -0.39 is 22.2 Å². The van der Waals surface area contributed by atoms with Gasteiger partial charge in [0.05, 0.1) is 0 Å². The van der Waals surface area contributed by atoms with E-state index in [-0.39, 0.29) is 6.71 Å². The molecule has 0 saturated carbocycles. The second-order valence-corrected chi connectivity index (χ2v) is 13.6. The zero-order valence-electron chi connectivity index (χ0n) is 20.9. The Kier molecular flexibility index (Phi) is 9.15. The van der Waals surface area contributed by atoms with Gasteiger partial charge in [-0.05, 0) is 18.2 Å². The van der Waals surface area contributed by atoms with Crippen LogP contribution in [0.5, 0.6) is 5.75 Å². The third kappa shape index (κ3) is 7.30. The average molecular weight is 579 g/mol. The third-order valence-electron chi connectivity index (χ3n) is 5.95. The van der Waals surface area contributed by atoms with Crippen LogP contribution in [0.4, 0.5) is 0 Å². The molecule has 3 aromatic carbocycles. The van der Waals surface area contributed by atoms with E-state index in [1.54, 1.807) is 18.6 Å². The van der Waals surface area contributed by atoms with E-state index in [1.807, 2.05) is 36.4 Å². The van der Waals surface area contributed by atoms with Gasteiger partial charge in [-0.15, -0.1) is 0 Å². The summed E-state index contributed by atoms with van der Waals surface area (Å²) >= 11 is -2.06. The number of aromatic nitrogens is 6. The molecule has 6 aromatic rings. The molecule has 0 fully saturated rings. The standard InChI is InChI=1S/C9H9BN6.2C7H7.C6H6O.Zr/c1-4-11-14-7(1)10(8-2-5-12-15-8)9-3-6-13-16-9;2*1-7-5-3-2-4-6-7;7-6-4-2-1-3-5-6;/h1-6H,(H,11,14)(H,12,15)(H,13,16);2*2-6H,1H2;1-5,7H;/q;;;;+1/p-1. The quantitative estimate of drug-likeness (QED) is 0.230. The van der Waals surface area contributed by atoms with Crippen molar-refractivity contribution in [2.45, 2.75) is 8.26 Å². The molecule has 3 N–H and O–H groups in total. The van der Waals surface area contributed by atoms with Crippen LogP contribution in [0.25, 0.3) is 0 Å². The van der Waals surface area contributed by atoms with E-state index in [2.05, 4.69) is 103 Å². The van der Waals surface area contributed by atoms with Crippen molar-refractivity contribution in [2.75, 3.05) is 0 Å². The molecule has 3 aromatic heterocycles. The summed E-state index contributed by atoms with van der Waals surface area (Å²) in [4.78, 5) is 0. The predicted molar refractivity (Wildman–Crippen MR) is 148 cm³/mol. The fourth-order valence-corrected chi connectivity index (χ4v) is 9.40. The summed E-state index contributed by atoms with van der Waals surface area (Å²) in [5, 5.41) is 21.0. The Morgan fingerprint density at radius 2 is 0.921 bits per heavy atom. The van der Waals surface area contributed by atoms with Crippen molar-refractivity contribution in [1.82, 2.24) is 30.6 Å². The van der Waals surface area contributed by atoms with Gasteiger partial charge in [0.25, 0.3) is 0 Å². The van der Waals surface area contributed by atoms with E-state index in [0.29, 0.717) is 0 Å². The molecule has 0 unspecified atom stereocenters. The molecule has 0 aliphatic heterocycles. The monoisotopic (exact) mass is 577 g/mol. The Morgan fingerprint density at radius 1 is 0.526 bits per heavy atom. The number of hydrogen-bond acceptors (Lipinski definition) is 4. The number of nitrogens with zero attached hydrogens (tertiary/aromatic N) is 3. The van der Waals surface area contributed by atoms with E-state index >= 15 is 0 Å². The van der Waals surface area contributed by atoms with E-state index in [9.17, 15) is 0 Å². The van der Waals surface area contributed by atoms with Crippen LogP contribution in [-0.2, 0) is 30.4 Å². The van der Waals surface area contributed by atoms with Crippen LogP contribution in [0.15, 0.2) is 128 Å². The van der Waals surface area contributed by atoms with Crippen LogP contribution in [-0.4, -0.2) is 37.3 Å².